The molecule has 0 spiro atoms. The molecule has 2 aliphatic rings. The van der Waals surface area contributed by atoms with Gasteiger partial charge in [0, 0.05) is 46.5 Å². The van der Waals surface area contributed by atoms with E-state index in [1.54, 1.807) is 4.57 Å². The highest BCUT2D eigenvalue weighted by Gasteiger charge is 2.32. The number of nitrogens with zero attached hydrogens (tertiary/aromatic N) is 4. The van der Waals surface area contributed by atoms with E-state index in [2.05, 4.69) is 73.2 Å². The molecule has 3 aromatic heterocycles. The first-order chi connectivity index (χ1) is 17.3. The van der Waals surface area contributed by atoms with Crippen molar-refractivity contribution >= 4 is 16.9 Å². The van der Waals surface area contributed by atoms with Crippen molar-refractivity contribution in [2.24, 2.45) is 0 Å². The third-order valence-corrected chi connectivity index (χ3v) is 7.45. The van der Waals surface area contributed by atoms with Gasteiger partial charge in [0.05, 0.1) is 23.5 Å². The third-order valence-electron chi connectivity index (χ3n) is 7.45. The number of rotatable bonds is 5. The van der Waals surface area contributed by atoms with Gasteiger partial charge in [0.15, 0.2) is 0 Å². The Morgan fingerprint density at radius 3 is 2.64 bits per heavy atom. The molecule has 0 saturated carbocycles. The number of fused-ring (bicyclic) bond motifs is 2. The maximum atomic E-state index is 13.5. The second-order valence-electron chi connectivity index (χ2n) is 11.3. The van der Waals surface area contributed by atoms with E-state index < -0.39 is 0 Å². The Morgan fingerprint density at radius 2 is 1.92 bits per heavy atom. The molecule has 7 heteroatoms. The number of likely N-dealkylation sites (tertiary alicyclic amines) is 1. The zero-order chi connectivity index (χ0) is 25.0. The minimum absolute atomic E-state index is 0.0452. The molecule has 36 heavy (non-hydrogen) atoms. The third kappa shape index (κ3) is 4.01. The van der Waals surface area contributed by atoms with Gasteiger partial charge in [0.2, 0.25) is 5.95 Å². The van der Waals surface area contributed by atoms with Crippen LogP contribution in [0, 0.1) is 0 Å². The van der Waals surface area contributed by atoms with Crippen LogP contribution in [0.2, 0.25) is 0 Å². The molecular formula is C29H34N6O. The van der Waals surface area contributed by atoms with Gasteiger partial charge >= 0.3 is 0 Å². The summed E-state index contributed by atoms with van der Waals surface area (Å²) in [7, 11) is 0. The molecule has 186 valence electrons. The monoisotopic (exact) mass is 482 g/mol. The Kier molecular flexibility index (Phi) is 5.48. The lowest BCUT2D eigenvalue weighted by molar-refractivity contribution is 0.331. The molecule has 2 aliphatic heterocycles. The summed E-state index contributed by atoms with van der Waals surface area (Å²) in [5.41, 5.74) is 6.58. The average molecular weight is 483 g/mol. The van der Waals surface area contributed by atoms with Crippen LogP contribution >= 0.6 is 0 Å². The van der Waals surface area contributed by atoms with Gasteiger partial charge in [0.25, 0.3) is 5.56 Å². The predicted octanol–water partition coefficient (Wildman–Crippen LogP) is 5.38. The summed E-state index contributed by atoms with van der Waals surface area (Å²) >= 11 is 0. The van der Waals surface area contributed by atoms with Crippen LogP contribution in [0.3, 0.4) is 0 Å². The standard InChI is InChI=1S/C29H34N6O/c1-18(2)25-26(32-28-33-29(3,4)17-35(28)27(25)36)22-15-31-24-10-8-20(13-21(22)24)23-9-7-19(14-30-23)16-34-11-5-6-12-34/h7-10,13-15,18,31H,5-6,11-12,16-17H2,1-4H3,(H,32,33). The second-order valence-corrected chi connectivity index (χ2v) is 11.3. The van der Waals surface area contributed by atoms with Crippen LogP contribution in [0.15, 0.2) is 47.5 Å². The number of H-pyrrole nitrogens is 1. The van der Waals surface area contributed by atoms with E-state index in [1.807, 2.05) is 12.4 Å². The lowest BCUT2D eigenvalue weighted by Gasteiger charge is -2.15. The van der Waals surface area contributed by atoms with Gasteiger partial charge in [-0.3, -0.25) is 19.2 Å². The highest BCUT2D eigenvalue weighted by molar-refractivity contribution is 5.97. The van der Waals surface area contributed by atoms with E-state index in [1.165, 1.54) is 31.5 Å². The van der Waals surface area contributed by atoms with E-state index in [9.17, 15) is 4.79 Å². The molecular weight excluding hydrogens is 448 g/mol. The molecule has 2 N–H and O–H groups in total. The molecule has 1 fully saturated rings. The summed E-state index contributed by atoms with van der Waals surface area (Å²) in [6, 6.07) is 10.7. The molecule has 1 saturated heterocycles. The summed E-state index contributed by atoms with van der Waals surface area (Å²) in [6.45, 7) is 12.3. The summed E-state index contributed by atoms with van der Waals surface area (Å²) in [4.78, 5) is 29.2. The normalized spacial score (nSPS) is 17.1. The maximum absolute atomic E-state index is 13.5. The Labute approximate surface area is 211 Å². The molecule has 0 radical (unpaired) electrons. The molecule has 1 aromatic carbocycles. The Bertz CT molecular complexity index is 1490. The quantitative estimate of drug-likeness (QED) is 0.399. The lowest BCUT2D eigenvalue weighted by Crippen LogP contribution is -2.30. The number of aromatic amines is 1. The van der Waals surface area contributed by atoms with Crippen LogP contribution in [0.5, 0.6) is 0 Å². The molecule has 6 rings (SSSR count). The van der Waals surface area contributed by atoms with Gasteiger partial charge in [-0.05, 0) is 69.5 Å². The van der Waals surface area contributed by atoms with Gasteiger partial charge in [-0.2, -0.15) is 0 Å². The number of benzene rings is 1. The van der Waals surface area contributed by atoms with Crippen molar-refractivity contribution in [1.29, 1.82) is 0 Å². The maximum Gasteiger partial charge on any atom is 0.259 e. The predicted molar refractivity (Wildman–Crippen MR) is 145 cm³/mol. The van der Waals surface area contributed by atoms with Gasteiger partial charge in [-0.25, -0.2) is 4.98 Å². The Morgan fingerprint density at radius 1 is 1.11 bits per heavy atom. The summed E-state index contributed by atoms with van der Waals surface area (Å²) in [5.74, 6) is 0.699. The number of anilines is 1. The number of nitrogens with one attached hydrogen (secondary N) is 2. The molecule has 0 unspecified atom stereocenters. The van der Waals surface area contributed by atoms with Gasteiger partial charge < -0.3 is 10.3 Å². The topological polar surface area (TPSA) is 78.8 Å². The minimum Gasteiger partial charge on any atom is -0.360 e. The highest BCUT2D eigenvalue weighted by atomic mass is 16.1. The summed E-state index contributed by atoms with van der Waals surface area (Å²) in [6.07, 6.45) is 6.57. The number of hydrogen-bond donors (Lipinski definition) is 2. The molecule has 0 aliphatic carbocycles. The van der Waals surface area contributed by atoms with Crippen molar-refractivity contribution in [3.8, 4) is 22.5 Å². The first-order valence-corrected chi connectivity index (χ1v) is 13.0. The van der Waals surface area contributed by atoms with Crippen molar-refractivity contribution in [1.82, 2.24) is 24.4 Å². The number of hydrogen-bond acceptors (Lipinski definition) is 5. The summed E-state index contributed by atoms with van der Waals surface area (Å²) < 4.78 is 1.78. The van der Waals surface area contributed by atoms with E-state index >= 15 is 0 Å². The zero-order valence-corrected chi connectivity index (χ0v) is 21.6. The number of pyridine rings is 1. The van der Waals surface area contributed by atoms with Crippen molar-refractivity contribution in [3.05, 3.63) is 64.2 Å². The first-order valence-electron chi connectivity index (χ1n) is 13.0. The van der Waals surface area contributed by atoms with Crippen molar-refractivity contribution < 1.29 is 0 Å². The molecule has 0 amide bonds. The molecule has 0 bridgehead atoms. The van der Waals surface area contributed by atoms with E-state index in [0.717, 1.165) is 45.5 Å². The fraction of sp³-hybridized carbons (Fsp3) is 0.414. The van der Waals surface area contributed by atoms with E-state index in [0.29, 0.717) is 12.5 Å². The van der Waals surface area contributed by atoms with E-state index in [4.69, 9.17) is 9.97 Å². The average Bonchev–Trinajstić information content (AvgIpc) is 3.57. The molecule has 4 aromatic rings. The van der Waals surface area contributed by atoms with Crippen LogP contribution in [0.4, 0.5) is 5.95 Å². The Balaban J connectivity index is 1.40. The molecule has 0 atom stereocenters. The van der Waals surface area contributed by atoms with Crippen LogP contribution in [0.25, 0.3) is 33.4 Å². The van der Waals surface area contributed by atoms with E-state index in [-0.39, 0.29) is 17.0 Å². The van der Waals surface area contributed by atoms with Gasteiger partial charge in [0.1, 0.15) is 0 Å². The highest BCUT2D eigenvalue weighted by Crippen LogP contribution is 2.36. The van der Waals surface area contributed by atoms with Crippen molar-refractivity contribution in [2.75, 3.05) is 18.4 Å². The second kappa shape index (κ2) is 8.59. The van der Waals surface area contributed by atoms with Crippen LogP contribution < -0.4 is 10.9 Å². The van der Waals surface area contributed by atoms with Crippen LogP contribution in [-0.4, -0.2) is 43.0 Å². The fourth-order valence-corrected chi connectivity index (χ4v) is 5.64. The fourth-order valence-electron chi connectivity index (χ4n) is 5.64. The largest absolute Gasteiger partial charge is 0.360 e. The first kappa shape index (κ1) is 23.0. The smallest absolute Gasteiger partial charge is 0.259 e. The zero-order valence-electron chi connectivity index (χ0n) is 21.6. The van der Waals surface area contributed by atoms with Crippen LogP contribution in [-0.2, 0) is 13.1 Å². The van der Waals surface area contributed by atoms with Crippen LogP contribution in [0.1, 0.15) is 57.6 Å². The summed E-state index contributed by atoms with van der Waals surface area (Å²) in [5, 5.41) is 4.48. The molecule has 5 heterocycles. The Hall–Kier alpha value is -3.45. The number of aromatic nitrogens is 4. The lowest BCUT2D eigenvalue weighted by atomic mass is 9.97. The van der Waals surface area contributed by atoms with Crippen molar-refractivity contribution in [3.63, 3.8) is 0 Å². The van der Waals surface area contributed by atoms with Gasteiger partial charge in [-0.15, -0.1) is 0 Å². The SMILES string of the molecule is CC(C)c1c(-c2c[nH]c3ccc(-c4ccc(CN5CCCC5)cn4)cc23)nc2n(c1=O)CC(C)(C)N2. The minimum atomic E-state index is -0.202. The van der Waals surface area contributed by atoms with Gasteiger partial charge in [-0.1, -0.05) is 26.0 Å². The van der Waals surface area contributed by atoms with Crippen molar-refractivity contribution in [2.45, 2.75) is 65.1 Å². The molecule has 7 nitrogen and oxygen atoms in total.